The van der Waals surface area contributed by atoms with E-state index in [-0.39, 0.29) is 36.8 Å². The molecule has 2 aromatic carbocycles. The first-order chi connectivity index (χ1) is 16.3. The Hall–Kier alpha value is -3.59. The highest BCUT2D eigenvalue weighted by atomic mass is 32.2. The standard InChI is InChI=1S/C23H27N3O7S/c1-3-4-16-33-17-11-13-18(14-12-17)34(30,31)26-20(23(28)25-29)9-7-15-24-22(27)19-8-5-6-10-21(19)32-2/h5-6,8,10-14,20,26,29H,7,9,15-16H2,1-2H3,(H,24,27)(H,25,28). The van der Waals surface area contributed by atoms with E-state index in [1.165, 1.54) is 36.9 Å². The second-order valence-electron chi connectivity index (χ2n) is 6.94. The SMILES string of the molecule is CC#CCOc1ccc(S(=O)(=O)NC(CCCNC(=O)c2ccccc2OC)C(=O)NO)cc1. The van der Waals surface area contributed by atoms with Crippen LogP contribution in [0.4, 0.5) is 0 Å². The molecule has 0 radical (unpaired) electrons. The number of benzene rings is 2. The number of hydrogen-bond donors (Lipinski definition) is 4. The first-order valence-electron chi connectivity index (χ1n) is 10.3. The summed E-state index contributed by atoms with van der Waals surface area (Å²) in [5.41, 5.74) is 1.82. The van der Waals surface area contributed by atoms with Crippen molar-refractivity contribution in [2.75, 3.05) is 20.3 Å². The number of sulfonamides is 1. The van der Waals surface area contributed by atoms with Crippen LogP contribution in [0, 0.1) is 11.8 Å². The number of nitrogens with one attached hydrogen (secondary N) is 3. The Kier molecular flexibility index (Phi) is 10.3. The summed E-state index contributed by atoms with van der Waals surface area (Å²) in [5, 5.41) is 11.7. The zero-order chi connectivity index (χ0) is 25.0. The largest absolute Gasteiger partial charge is 0.496 e. The maximum absolute atomic E-state index is 12.7. The van der Waals surface area contributed by atoms with Gasteiger partial charge >= 0.3 is 0 Å². The van der Waals surface area contributed by atoms with E-state index in [0.717, 1.165) is 0 Å². The Balaban J connectivity index is 1.96. The van der Waals surface area contributed by atoms with E-state index in [2.05, 4.69) is 21.9 Å². The van der Waals surface area contributed by atoms with E-state index in [9.17, 15) is 18.0 Å². The highest BCUT2D eigenvalue weighted by molar-refractivity contribution is 7.89. The third kappa shape index (κ3) is 7.77. The van der Waals surface area contributed by atoms with E-state index in [4.69, 9.17) is 14.7 Å². The third-order valence-electron chi connectivity index (χ3n) is 4.65. The van der Waals surface area contributed by atoms with Gasteiger partial charge in [-0.1, -0.05) is 18.1 Å². The molecule has 0 aliphatic heterocycles. The van der Waals surface area contributed by atoms with Crippen LogP contribution in [0.5, 0.6) is 11.5 Å². The number of para-hydroxylation sites is 1. The average molecular weight is 490 g/mol. The Bertz CT molecular complexity index is 1140. The van der Waals surface area contributed by atoms with Crippen LogP contribution in [0.15, 0.2) is 53.4 Å². The number of carbonyl (C=O) groups is 2. The Labute approximate surface area is 198 Å². The number of carbonyl (C=O) groups excluding carboxylic acids is 2. The van der Waals surface area contributed by atoms with Gasteiger partial charge < -0.3 is 14.8 Å². The summed E-state index contributed by atoms with van der Waals surface area (Å²) in [4.78, 5) is 24.3. The normalized spacial score (nSPS) is 11.5. The molecule has 0 saturated carbocycles. The van der Waals surface area contributed by atoms with Crippen molar-refractivity contribution in [1.29, 1.82) is 0 Å². The summed E-state index contributed by atoms with van der Waals surface area (Å²) in [6.45, 7) is 2.02. The molecule has 1 atom stereocenters. The van der Waals surface area contributed by atoms with Gasteiger partial charge in [-0.05, 0) is 56.2 Å². The van der Waals surface area contributed by atoms with Crippen molar-refractivity contribution >= 4 is 21.8 Å². The number of amides is 2. The van der Waals surface area contributed by atoms with Crippen LogP contribution in [0.1, 0.15) is 30.1 Å². The maximum Gasteiger partial charge on any atom is 0.261 e. The van der Waals surface area contributed by atoms with Crippen molar-refractivity contribution in [2.45, 2.75) is 30.7 Å². The number of rotatable bonds is 12. The lowest BCUT2D eigenvalue weighted by Crippen LogP contribution is -2.46. The lowest BCUT2D eigenvalue weighted by atomic mass is 10.1. The van der Waals surface area contributed by atoms with Crippen LogP contribution in [-0.2, 0) is 14.8 Å². The molecule has 2 aromatic rings. The highest BCUT2D eigenvalue weighted by Gasteiger charge is 2.25. The quantitative estimate of drug-likeness (QED) is 0.153. The minimum Gasteiger partial charge on any atom is -0.496 e. The van der Waals surface area contributed by atoms with E-state index < -0.39 is 22.0 Å². The first-order valence-corrected chi connectivity index (χ1v) is 11.8. The van der Waals surface area contributed by atoms with Crippen LogP contribution in [0.2, 0.25) is 0 Å². The van der Waals surface area contributed by atoms with Gasteiger partial charge in [-0.15, -0.1) is 5.92 Å². The van der Waals surface area contributed by atoms with Crippen molar-refractivity contribution in [3.63, 3.8) is 0 Å². The van der Waals surface area contributed by atoms with Crippen LogP contribution in [0.3, 0.4) is 0 Å². The monoisotopic (exact) mass is 489 g/mol. The molecule has 0 aromatic heterocycles. The fraction of sp³-hybridized carbons (Fsp3) is 0.304. The molecule has 0 aliphatic carbocycles. The Morgan fingerprint density at radius 3 is 2.47 bits per heavy atom. The van der Waals surface area contributed by atoms with Gasteiger partial charge in [-0.25, -0.2) is 13.9 Å². The minimum absolute atomic E-state index is 0.0225. The van der Waals surface area contributed by atoms with E-state index in [1.54, 1.807) is 31.2 Å². The van der Waals surface area contributed by atoms with E-state index in [0.29, 0.717) is 17.1 Å². The first kappa shape index (κ1) is 26.7. The van der Waals surface area contributed by atoms with Gasteiger partial charge in [0.2, 0.25) is 10.0 Å². The highest BCUT2D eigenvalue weighted by Crippen LogP contribution is 2.18. The molecule has 0 bridgehead atoms. The summed E-state index contributed by atoms with van der Waals surface area (Å²) in [6, 6.07) is 11.1. The smallest absolute Gasteiger partial charge is 0.261 e. The van der Waals surface area contributed by atoms with Crippen LogP contribution in [0.25, 0.3) is 0 Å². The maximum atomic E-state index is 12.7. The second-order valence-corrected chi connectivity index (χ2v) is 8.65. The molecule has 4 N–H and O–H groups in total. The number of hydrogen-bond acceptors (Lipinski definition) is 7. The fourth-order valence-electron chi connectivity index (χ4n) is 2.92. The second kappa shape index (κ2) is 13.2. The molecular formula is C23H27N3O7S. The summed E-state index contributed by atoms with van der Waals surface area (Å²) < 4.78 is 38.2. The van der Waals surface area contributed by atoms with Crippen molar-refractivity contribution in [1.82, 2.24) is 15.5 Å². The van der Waals surface area contributed by atoms with E-state index >= 15 is 0 Å². The predicted octanol–water partition coefficient (Wildman–Crippen LogP) is 1.46. The lowest BCUT2D eigenvalue weighted by molar-refractivity contribution is -0.131. The number of hydroxylamine groups is 1. The van der Waals surface area contributed by atoms with Gasteiger partial charge in [0.25, 0.3) is 11.8 Å². The molecule has 10 nitrogen and oxygen atoms in total. The molecule has 0 saturated heterocycles. The van der Waals surface area contributed by atoms with Gasteiger partial charge in [0.05, 0.1) is 17.6 Å². The van der Waals surface area contributed by atoms with Crippen molar-refractivity contribution in [3.8, 4) is 23.3 Å². The number of methoxy groups -OCH3 is 1. The Morgan fingerprint density at radius 2 is 1.82 bits per heavy atom. The average Bonchev–Trinajstić information content (AvgIpc) is 2.85. The molecular weight excluding hydrogens is 462 g/mol. The molecule has 0 aliphatic rings. The molecule has 182 valence electrons. The number of ether oxygens (including phenoxy) is 2. The topological polar surface area (TPSA) is 143 Å². The Morgan fingerprint density at radius 1 is 1.12 bits per heavy atom. The van der Waals surface area contributed by atoms with Gasteiger partial charge in [-0.2, -0.15) is 4.72 Å². The molecule has 0 fully saturated rings. The van der Waals surface area contributed by atoms with Crippen molar-refractivity contribution < 1.29 is 32.7 Å². The van der Waals surface area contributed by atoms with Gasteiger partial charge in [0.15, 0.2) is 0 Å². The third-order valence-corrected chi connectivity index (χ3v) is 6.14. The van der Waals surface area contributed by atoms with Crippen LogP contribution >= 0.6 is 0 Å². The predicted molar refractivity (Wildman–Crippen MR) is 124 cm³/mol. The zero-order valence-corrected chi connectivity index (χ0v) is 19.6. The van der Waals surface area contributed by atoms with Gasteiger partial charge in [0, 0.05) is 6.54 Å². The molecule has 11 heteroatoms. The molecule has 0 spiro atoms. The van der Waals surface area contributed by atoms with Gasteiger partial charge in [-0.3, -0.25) is 14.8 Å². The molecule has 2 rings (SSSR count). The van der Waals surface area contributed by atoms with Gasteiger partial charge in [0.1, 0.15) is 24.1 Å². The molecule has 34 heavy (non-hydrogen) atoms. The molecule has 2 amide bonds. The summed E-state index contributed by atoms with van der Waals surface area (Å²) in [7, 11) is -2.61. The molecule has 1 unspecified atom stereocenters. The van der Waals surface area contributed by atoms with Crippen molar-refractivity contribution in [3.05, 3.63) is 54.1 Å². The fourth-order valence-corrected chi connectivity index (χ4v) is 4.15. The zero-order valence-electron chi connectivity index (χ0n) is 18.8. The summed E-state index contributed by atoms with van der Waals surface area (Å²) in [5.74, 6) is 4.99. The van der Waals surface area contributed by atoms with Crippen molar-refractivity contribution in [2.24, 2.45) is 0 Å². The van der Waals surface area contributed by atoms with Crippen LogP contribution in [-0.4, -0.2) is 51.7 Å². The molecule has 0 heterocycles. The summed E-state index contributed by atoms with van der Waals surface area (Å²) in [6.07, 6.45) is 0.279. The van der Waals surface area contributed by atoms with Crippen LogP contribution < -0.4 is 25.0 Å². The minimum atomic E-state index is -4.07. The van der Waals surface area contributed by atoms with E-state index in [1.807, 2.05) is 0 Å². The summed E-state index contributed by atoms with van der Waals surface area (Å²) >= 11 is 0. The lowest BCUT2D eigenvalue weighted by Gasteiger charge is -2.17.